The van der Waals surface area contributed by atoms with E-state index in [1.807, 2.05) is 0 Å². The summed E-state index contributed by atoms with van der Waals surface area (Å²) < 4.78 is 4.69. The Morgan fingerprint density at radius 2 is 2.00 bits per heavy atom. The third kappa shape index (κ3) is 3.37. The molecule has 0 radical (unpaired) electrons. The van der Waals surface area contributed by atoms with Crippen LogP contribution < -0.4 is 5.32 Å². The lowest BCUT2D eigenvalue weighted by molar-refractivity contribution is 0.0607. The normalized spacial score (nSPS) is 10.3. The van der Waals surface area contributed by atoms with Gasteiger partial charge in [0.25, 0.3) is 5.91 Å². The molecule has 4 nitrogen and oxygen atoms in total. The van der Waals surface area contributed by atoms with Crippen molar-refractivity contribution >= 4 is 52.1 Å². The minimum Gasteiger partial charge on any atom is -0.465 e. The molecule has 0 unspecified atom stereocenters. The maximum atomic E-state index is 12.3. The van der Waals surface area contributed by atoms with Gasteiger partial charge in [-0.25, -0.2) is 4.79 Å². The fourth-order valence-electron chi connectivity index (χ4n) is 1.69. The predicted octanol–water partition coefficient (Wildman–Crippen LogP) is 4.40. The van der Waals surface area contributed by atoms with Crippen LogP contribution in [0.15, 0.2) is 23.6 Å². The molecule has 0 saturated heterocycles. The summed E-state index contributed by atoms with van der Waals surface area (Å²) in [5.74, 6) is -0.935. The van der Waals surface area contributed by atoms with E-state index in [-0.39, 0.29) is 10.6 Å². The first kappa shape index (κ1) is 15.8. The molecular weight excluding hydrogens is 333 g/mol. The van der Waals surface area contributed by atoms with Crippen molar-refractivity contribution in [2.45, 2.75) is 6.92 Å². The van der Waals surface area contributed by atoms with Crippen LogP contribution in [0.2, 0.25) is 10.0 Å². The number of amides is 1. The van der Waals surface area contributed by atoms with Gasteiger partial charge in [-0.15, -0.1) is 11.3 Å². The van der Waals surface area contributed by atoms with E-state index in [2.05, 4.69) is 5.32 Å². The number of esters is 1. The van der Waals surface area contributed by atoms with Crippen molar-refractivity contribution in [2.75, 3.05) is 12.4 Å². The highest BCUT2D eigenvalue weighted by atomic mass is 35.5. The number of methoxy groups -OCH3 is 1. The molecule has 110 valence electrons. The third-order valence-corrected chi connectivity index (χ3v) is 4.40. The first-order chi connectivity index (χ1) is 9.93. The molecule has 1 N–H and O–H groups in total. The van der Waals surface area contributed by atoms with Gasteiger partial charge in [-0.2, -0.15) is 0 Å². The number of ether oxygens (including phenoxy) is 1. The van der Waals surface area contributed by atoms with Crippen LogP contribution in [0.4, 0.5) is 5.69 Å². The number of carbonyl (C=O) groups excluding carboxylic acids is 2. The summed E-state index contributed by atoms with van der Waals surface area (Å²) in [6, 6.07) is 4.61. The molecular formula is C14H11Cl2NO3S. The van der Waals surface area contributed by atoms with Crippen LogP contribution in [-0.4, -0.2) is 19.0 Å². The SMILES string of the molecule is COC(=O)c1scc(C)c1NC(=O)c1cc(Cl)ccc1Cl. The Bertz CT molecular complexity index is 712. The standard InChI is InChI=1S/C14H11Cl2NO3S/c1-7-6-21-12(14(19)20-2)11(7)17-13(18)9-5-8(15)3-4-10(9)16/h3-6H,1-2H3,(H,17,18). The Balaban J connectivity index is 2.34. The summed E-state index contributed by atoms with van der Waals surface area (Å²) in [6.45, 7) is 1.79. The molecule has 1 amide bonds. The summed E-state index contributed by atoms with van der Waals surface area (Å²) in [6.07, 6.45) is 0. The number of benzene rings is 1. The molecule has 0 spiro atoms. The Kier molecular flexibility index (Phi) is 4.88. The summed E-state index contributed by atoms with van der Waals surface area (Å²) in [5.41, 5.74) is 1.44. The lowest BCUT2D eigenvalue weighted by Gasteiger charge is -2.09. The van der Waals surface area contributed by atoms with Gasteiger partial charge in [0.15, 0.2) is 0 Å². The highest BCUT2D eigenvalue weighted by Crippen LogP contribution is 2.30. The number of rotatable bonds is 3. The average molecular weight is 344 g/mol. The van der Waals surface area contributed by atoms with Crippen LogP contribution in [0.3, 0.4) is 0 Å². The van der Waals surface area contributed by atoms with E-state index in [9.17, 15) is 9.59 Å². The fourth-order valence-corrected chi connectivity index (χ4v) is 2.99. The van der Waals surface area contributed by atoms with Crippen LogP contribution in [0.5, 0.6) is 0 Å². The molecule has 0 saturated carbocycles. The first-order valence-corrected chi connectivity index (χ1v) is 7.50. The molecule has 2 rings (SSSR count). The molecule has 1 aromatic heterocycles. The van der Waals surface area contributed by atoms with Crippen LogP contribution in [-0.2, 0) is 4.74 Å². The van der Waals surface area contributed by atoms with Crippen LogP contribution in [0.1, 0.15) is 25.6 Å². The molecule has 1 aromatic carbocycles. The van der Waals surface area contributed by atoms with Gasteiger partial charge in [0, 0.05) is 5.02 Å². The van der Waals surface area contributed by atoms with E-state index in [1.165, 1.54) is 24.5 Å². The molecule has 0 fully saturated rings. The molecule has 7 heteroatoms. The summed E-state index contributed by atoms with van der Waals surface area (Å²) in [4.78, 5) is 24.3. The molecule has 0 aliphatic rings. The molecule has 0 aliphatic heterocycles. The maximum Gasteiger partial charge on any atom is 0.350 e. The van der Waals surface area contributed by atoms with Gasteiger partial charge in [-0.05, 0) is 36.1 Å². The molecule has 0 aliphatic carbocycles. The number of thiophene rings is 1. The van der Waals surface area contributed by atoms with Gasteiger partial charge in [0.2, 0.25) is 0 Å². The maximum absolute atomic E-state index is 12.3. The Hall–Kier alpha value is -1.56. The zero-order valence-electron chi connectivity index (χ0n) is 11.2. The van der Waals surface area contributed by atoms with Gasteiger partial charge >= 0.3 is 5.97 Å². The van der Waals surface area contributed by atoms with Crippen LogP contribution in [0, 0.1) is 6.92 Å². The highest BCUT2D eigenvalue weighted by molar-refractivity contribution is 7.12. The van der Waals surface area contributed by atoms with Crippen LogP contribution in [0.25, 0.3) is 0 Å². The molecule has 0 bridgehead atoms. The van der Waals surface area contributed by atoms with Gasteiger partial charge in [-0.1, -0.05) is 23.2 Å². The van der Waals surface area contributed by atoms with E-state index in [0.29, 0.717) is 15.6 Å². The van der Waals surface area contributed by atoms with Crippen molar-refractivity contribution in [3.63, 3.8) is 0 Å². The number of carbonyl (C=O) groups is 2. The van der Waals surface area contributed by atoms with E-state index in [4.69, 9.17) is 27.9 Å². The van der Waals surface area contributed by atoms with Gasteiger partial charge in [0.05, 0.1) is 23.4 Å². The van der Waals surface area contributed by atoms with Crippen LogP contribution >= 0.6 is 34.5 Å². The topological polar surface area (TPSA) is 55.4 Å². The van der Waals surface area contributed by atoms with Crippen molar-refractivity contribution in [1.29, 1.82) is 0 Å². The molecule has 21 heavy (non-hydrogen) atoms. The minimum atomic E-state index is -0.499. The predicted molar refractivity (Wildman–Crippen MR) is 84.8 cm³/mol. The van der Waals surface area contributed by atoms with E-state index in [0.717, 1.165) is 5.56 Å². The molecule has 2 aromatic rings. The number of nitrogens with one attached hydrogen (secondary N) is 1. The van der Waals surface area contributed by atoms with E-state index >= 15 is 0 Å². The second kappa shape index (κ2) is 6.47. The molecule has 0 atom stereocenters. The Labute approximate surface area is 135 Å². The molecule has 1 heterocycles. The van der Waals surface area contributed by atoms with Gasteiger partial charge < -0.3 is 10.1 Å². The number of hydrogen-bond acceptors (Lipinski definition) is 4. The van der Waals surface area contributed by atoms with E-state index in [1.54, 1.807) is 24.4 Å². The highest BCUT2D eigenvalue weighted by Gasteiger charge is 2.20. The van der Waals surface area contributed by atoms with Crippen molar-refractivity contribution in [2.24, 2.45) is 0 Å². The zero-order chi connectivity index (χ0) is 15.6. The van der Waals surface area contributed by atoms with Gasteiger partial charge in [0.1, 0.15) is 4.88 Å². The number of halogens is 2. The average Bonchev–Trinajstić information content (AvgIpc) is 2.82. The Morgan fingerprint density at radius 3 is 2.67 bits per heavy atom. The summed E-state index contributed by atoms with van der Waals surface area (Å²) in [7, 11) is 1.29. The summed E-state index contributed by atoms with van der Waals surface area (Å²) >= 11 is 13.1. The second-order valence-corrected chi connectivity index (χ2v) is 5.92. The Morgan fingerprint density at radius 1 is 1.29 bits per heavy atom. The largest absolute Gasteiger partial charge is 0.465 e. The van der Waals surface area contributed by atoms with Crippen molar-refractivity contribution in [3.8, 4) is 0 Å². The van der Waals surface area contributed by atoms with Crippen molar-refractivity contribution in [1.82, 2.24) is 0 Å². The lowest BCUT2D eigenvalue weighted by atomic mass is 10.2. The first-order valence-electron chi connectivity index (χ1n) is 5.87. The van der Waals surface area contributed by atoms with Crippen molar-refractivity contribution < 1.29 is 14.3 Å². The number of hydrogen-bond donors (Lipinski definition) is 1. The second-order valence-electron chi connectivity index (χ2n) is 4.19. The monoisotopic (exact) mass is 343 g/mol. The number of aryl methyl sites for hydroxylation is 1. The van der Waals surface area contributed by atoms with Crippen molar-refractivity contribution in [3.05, 3.63) is 49.6 Å². The smallest absolute Gasteiger partial charge is 0.350 e. The third-order valence-electron chi connectivity index (χ3n) is 2.76. The fraction of sp³-hybridized carbons (Fsp3) is 0.143. The van der Waals surface area contributed by atoms with E-state index < -0.39 is 11.9 Å². The lowest BCUT2D eigenvalue weighted by Crippen LogP contribution is -2.15. The zero-order valence-corrected chi connectivity index (χ0v) is 13.5. The minimum absolute atomic E-state index is 0.241. The van der Waals surface area contributed by atoms with Gasteiger partial charge in [-0.3, -0.25) is 4.79 Å². The number of anilines is 1. The quantitative estimate of drug-likeness (QED) is 0.840. The summed E-state index contributed by atoms with van der Waals surface area (Å²) in [5, 5.41) is 5.14.